The summed E-state index contributed by atoms with van der Waals surface area (Å²) < 4.78 is 3.57. The molecular formula is C23H23N5O. The Morgan fingerprint density at radius 1 is 0.966 bits per heavy atom. The molecule has 0 aliphatic heterocycles. The van der Waals surface area contributed by atoms with Crippen molar-refractivity contribution in [1.82, 2.24) is 24.5 Å². The first kappa shape index (κ1) is 18.7. The molecule has 0 radical (unpaired) electrons. The molecule has 6 heteroatoms. The molecule has 0 aliphatic carbocycles. The molecule has 2 heterocycles. The second kappa shape index (κ2) is 8.14. The van der Waals surface area contributed by atoms with E-state index in [1.165, 1.54) is 0 Å². The summed E-state index contributed by atoms with van der Waals surface area (Å²) in [6, 6.07) is 19.9. The van der Waals surface area contributed by atoms with E-state index in [0.29, 0.717) is 24.3 Å². The Kier molecular flexibility index (Phi) is 5.24. The molecule has 0 fully saturated rings. The highest BCUT2D eigenvalue weighted by atomic mass is 16.2. The summed E-state index contributed by atoms with van der Waals surface area (Å²) in [5, 5.41) is 8.92. The van der Waals surface area contributed by atoms with Crippen LogP contribution in [-0.4, -0.2) is 37.4 Å². The smallest absolute Gasteiger partial charge is 0.257 e. The number of carbonyl (C=O) groups excluding carboxylic acids is 1. The minimum absolute atomic E-state index is 0.0629. The van der Waals surface area contributed by atoms with Gasteiger partial charge in [0.15, 0.2) is 0 Å². The first-order chi connectivity index (χ1) is 14.1. The fourth-order valence-electron chi connectivity index (χ4n) is 3.34. The Balaban J connectivity index is 1.65. The lowest BCUT2D eigenvalue weighted by molar-refractivity contribution is 0.0785. The molecule has 2 aromatic carbocycles. The van der Waals surface area contributed by atoms with Crippen LogP contribution in [0.4, 0.5) is 0 Å². The molecule has 4 aromatic rings. The minimum atomic E-state index is -0.0629. The van der Waals surface area contributed by atoms with E-state index in [9.17, 15) is 4.79 Å². The molecule has 146 valence electrons. The molecule has 0 atom stereocenters. The van der Waals surface area contributed by atoms with Crippen LogP contribution >= 0.6 is 0 Å². The second-order valence-corrected chi connectivity index (χ2v) is 7.12. The first-order valence-corrected chi connectivity index (χ1v) is 9.50. The number of aryl methyl sites for hydroxylation is 1. The van der Waals surface area contributed by atoms with Gasteiger partial charge in [-0.15, -0.1) is 0 Å². The summed E-state index contributed by atoms with van der Waals surface area (Å²) in [7, 11) is 3.67. The van der Waals surface area contributed by atoms with Gasteiger partial charge in [0.2, 0.25) is 0 Å². The maximum absolute atomic E-state index is 13.3. The maximum atomic E-state index is 13.3. The molecule has 0 N–H and O–H groups in total. The fourth-order valence-corrected chi connectivity index (χ4v) is 3.34. The molecule has 0 saturated carbocycles. The van der Waals surface area contributed by atoms with E-state index < -0.39 is 0 Å². The van der Waals surface area contributed by atoms with E-state index in [0.717, 1.165) is 16.7 Å². The molecule has 0 aliphatic rings. The third kappa shape index (κ3) is 4.27. The summed E-state index contributed by atoms with van der Waals surface area (Å²) in [4.78, 5) is 15.0. The number of hydrogen-bond donors (Lipinski definition) is 0. The van der Waals surface area contributed by atoms with Crippen molar-refractivity contribution in [3.63, 3.8) is 0 Å². The van der Waals surface area contributed by atoms with Crippen molar-refractivity contribution in [2.75, 3.05) is 7.05 Å². The van der Waals surface area contributed by atoms with E-state index in [1.807, 2.05) is 72.7 Å². The van der Waals surface area contributed by atoms with Crippen LogP contribution < -0.4 is 0 Å². The van der Waals surface area contributed by atoms with Crippen LogP contribution in [0.5, 0.6) is 0 Å². The van der Waals surface area contributed by atoms with Gasteiger partial charge in [-0.05, 0) is 5.56 Å². The summed E-state index contributed by atoms with van der Waals surface area (Å²) in [6.45, 7) is 1.10. The van der Waals surface area contributed by atoms with Gasteiger partial charge in [0.25, 0.3) is 5.91 Å². The van der Waals surface area contributed by atoms with Crippen LogP contribution in [0.1, 0.15) is 21.5 Å². The first-order valence-electron chi connectivity index (χ1n) is 9.50. The number of aromatic nitrogens is 4. The molecule has 0 unspecified atom stereocenters. The van der Waals surface area contributed by atoms with Gasteiger partial charge in [-0.3, -0.25) is 14.2 Å². The van der Waals surface area contributed by atoms with Crippen LogP contribution in [0, 0.1) is 0 Å². The van der Waals surface area contributed by atoms with Crippen LogP contribution in [0.2, 0.25) is 0 Å². The second-order valence-electron chi connectivity index (χ2n) is 7.12. The molecule has 0 saturated heterocycles. The van der Waals surface area contributed by atoms with Crippen molar-refractivity contribution in [1.29, 1.82) is 0 Å². The van der Waals surface area contributed by atoms with Gasteiger partial charge in [0, 0.05) is 44.2 Å². The summed E-state index contributed by atoms with van der Waals surface area (Å²) in [5.41, 5.74) is 4.35. The normalized spacial score (nSPS) is 10.8. The van der Waals surface area contributed by atoms with Gasteiger partial charge >= 0.3 is 0 Å². The van der Waals surface area contributed by atoms with Crippen LogP contribution in [0.15, 0.2) is 79.3 Å². The molecule has 2 aromatic heterocycles. The Hall–Kier alpha value is -3.67. The lowest BCUT2D eigenvalue weighted by Crippen LogP contribution is -2.26. The highest BCUT2D eigenvalue weighted by Gasteiger charge is 2.21. The SMILES string of the molecule is CN(Cc1cnn(C)c1)C(=O)c1cn(Cc2ccccc2)nc1-c1ccccc1. The Bertz CT molecular complexity index is 1100. The third-order valence-electron chi connectivity index (χ3n) is 4.75. The molecule has 4 rings (SSSR count). The maximum Gasteiger partial charge on any atom is 0.257 e. The van der Waals surface area contributed by atoms with Crippen LogP contribution in [0.3, 0.4) is 0 Å². The average molecular weight is 385 g/mol. The topological polar surface area (TPSA) is 56.0 Å². The Morgan fingerprint density at radius 3 is 2.31 bits per heavy atom. The number of rotatable bonds is 6. The zero-order valence-electron chi connectivity index (χ0n) is 16.6. The highest BCUT2D eigenvalue weighted by Crippen LogP contribution is 2.24. The monoisotopic (exact) mass is 385 g/mol. The quantitative estimate of drug-likeness (QED) is 0.510. The number of benzene rings is 2. The number of hydrogen-bond acceptors (Lipinski definition) is 3. The average Bonchev–Trinajstić information content (AvgIpc) is 3.35. The molecule has 6 nitrogen and oxygen atoms in total. The molecule has 0 spiro atoms. The fraction of sp³-hybridized carbons (Fsp3) is 0.174. The van der Waals surface area contributed by atoms with Crippen LogP contribution in [0.25, 0.3) is 11.3 Å². The van der Waals surface area contributed by atoms with E-state index >= 15 is 0 Å². The molecule has 1 amide bonds. The summed E-state index contributed by atoms with van der Waals surface area (Å²) in [5.74, 6) is -0.0629. The van der Waals surface area contributed by atoms with Crippen molar-refractivity contribution in [3.8, 4) is 11.3 Å². The molecule has 0 bridgehead atoms. The van der Waals surface area contributed by atoms with E-state index in [-0.39, 0.29) is 5.91 Å². The minimum Gasteiger partial charge on any atom is -0.337 e. The summed E-state index contributed by atoms with van der Waals surface area (Å²) >= 11 is 0. The standard InChI is InChI=1S/C23H23N5O/c1-26(14-19-13-24-27(2)15-19)23(29)21-17-28(16-18-9-5-3-6-10-18)25-22(21)20-11-7-4-8-12-20/h3-13,15,17H,14,16H2,1-2H3. The van der Waals surface area contributed by atoms with Gasteiger partial charge in [0.05, 0.1) is 18.3 Å². The van der Waals surface area contributed by atoms with E-state index in [2.05, 4.69) is 17.2 Å². The van der Waals surface area contributed by atoms with Crippen molar-refractivity contribution in [2.45, 2.75) is 13.1 Å². The highest BCUT2D eigenvalue weighted by molar-refractivity contribution is 5.99. The van der Waals surface area contributed by atoms with Gasteiger partial charge in [-0.2, -0.15) is 10.2 Å². The largest absolute Gasteiger partial charge is 0.337 e. The zero-order chi connectivity index (χ0) is 20.2. The predicted molar refractivity (Wildman–Crippen MR) is 112 cm³/mol. The van der Waals surface area contributed by atoms with Gasteiger partial charge in [-0.25, -0.2) is 0 Å². The van der Waals surface area contributed by atoms with Crippen molar-refractivity contribution in [2.24, 2.45) is 7.05 Å². The Morgan fingerprint density at radius 2 is 1.66 bits per heavy atom. The van der Waals surface area contributed by atoms with Gasteiger partial charge in [-0.1, -0.05) is 60.7 Å². The van der Waals surface area contributed by atoms with E-state index in [4.69, 9.17) is 5.10 Å². The lowest BCUT2D eigenvalue weighted by atomic mass is 10.1. The number of nitrogens with zero attached hydrogens (tertiary/aromatic N) is 5. The van der Waals surface area contributed by atoms with Crippen molar-refractivity contribution < 1.29 is 4.79 Å². The zero-order valence-corrected chi connectivity index (χ0v) is 16.6. The van der Waals surface area contributed by atoms with Crippen LogP contribution in [-0.2, 0) is 20.1 Å². The predicted octanol–water partition coefficient (Wildman–Crippen LogP) is 3.60. The molecular weight excluding hydrogens is 362 g/mol. The van der Waals surface area contributed by atoms with Gasteiger partial charge < -0.3 is 4.90 Å². The third-order valence-corrected chi connectivity index (χ3v) is 4.75. The number of carbonyl (C=O) groups is 1. The lowest BCUT2D eigenvalue weighted by Gasteiger charge is -2.16. The van der Waals surface area contributed by atoms with Crippen molar-refractivity contribution in [3.05, 3.63) is 95.9 Å². The molecule has 29 heavy (non-hydrogen) atoms. The van der Waals surface area contributed by atoms with Crippen molar-refractivity contribution >= 4 is 5.91 Å². The number of amides is 1. The van der Waals surface area contributed by atoms with E-state index in [1.54, 1.807) is 22.8 Å². The summed E-state index contributed by atoms with van der Waals surface area (Å²) in [6.07, 6.45) is 5.54. The Labute approximate surface area is 170 Å². The van der Waals surface area contributed by atoms with Gasteiger partial charge in [0.1, 0.15) is 5.69 Å².